The van der Waals surface area contributed by atoms with Crippen LogP contribution in [-0.4, -0.2) is 61.9 Å². The normalized spacial score (nSPS) is 13.7. The Morgan fingerprint density at radius 3 is 2.42 bits per heavy atom. The number of thiol groups is 1. The highest BCUT2D eigenvalue weighted by Crippen LogP contribution is 2.30. The number of carbonyl (C=O) groups excluding carboxylic acids is 1. The van der Waals surface area contributed by atoms with Crippen LogP contribution in [0, 0.1) is 0 Å². The van der Waals surface area contributed by atoms with Gasteiger partial charge in [0.15, 0.2) is 0 Å². The Hall–Kier alpha value is -4.18. The lowest BCUT2D eigenvalue weighted by atomic mass is 10.0. The van der Waals surface area contributed by atoms with E-state index in [4.69, 9.17) is 4.98 Å². The molecule has 1 aliphatic heterocycles. The van der Waals surface area contributed by atoms with Crippen molar-refractivity contribution < 1.29 is 13.2 Å². The van der Waals surface area contributed by atoms with E-state index < -0.39 is 10.9 Å². The van der Waals surface area contributed by atoms with Crippen molar-refractivity contribution in [2.24, 2.45) is 0 Å². The number of nitrogens with zero attached hydrogens (tertiary/aromatic N) is 5. The van der Waals surface area contributed by atoms with Gasteiger partial charge >= 0.3 is 0 Å². The summed E-state index contributed by atoms with van der Waals surface area (Å²) in [5.41, 5.74) is 5.27. The van der Waals surface area contributed by atoms with Gasteiger partial charge in [0.05, 0.1) is 11.2 Å². The van der Waals surface area contributed by atoms with Gasteiger partial charge in [-0.1, -0.05) is 36.4 Å². The Labute approximate surface area is 223 Å². The Morgan fingerprint density at radius 2 is 1.74 bits per heavy atom. The number of nitrogens with one attached hydrogen (secondary N) is 1. The molecule has 1 fully saturated rings. The number of piperazine rings is 1. The fourth-order valence-electron chi connectivity index (χ4n) is 4.74. The van der Waals surface area contributed by atoms with Gasteiger partial charge in [0.2, 0.25) is 22.7 Å². The van der Waals surface area contributed by atoms with Crippen LogP contribution in [0.4, 0.5) is 23.0 Å². The molecule has 3 aromatic carbocycles. The minimum atomic E-state index is -2.69. The van der Waals surface area contributed by atoms with Gasteiger partial charge in [0.25, 0.3) is 0 Å². The summed E-state index contributed by atoms with van der Waals surface area (Å²) < 4.78 is 24.4. The number of aromatic nitrogens is 2. The molecule has 10 heteroatoms. The molecular formula is C28H30N6O3S. The van der Waals surface area contributed by atoms with Crippen molar-refractivity contribution in [1.29, 1.82) is 0 Å². The van der Waals surface area contributed by atoms with Crippen molar-refractivity contribution in [2.45, 2.75) is 13.8 Å². The van der Waals surface area contributed by atoms with Crippen LogP contribution < -0.4 is 14.5 Å². The van der Waals surface area contributed by atoms with Crippen LogP contribution in [0.15, 0.2) is 72.9 Å². The zero-order chi connectivity index (χ0) is 26.6. The summed E-state index contributed by atoms with van der Waals surface area (Å²) >= 11 is 0. The molecule has 0 saturated carbocycles. The summed E-state index contributed by atoms with van der Waals surface area (Å²) in [7, 11) is -2.69. The molecule has 1 amide bonds. The molecular weight excluding hydrogens is 500 g/mol. The molecule has 0 bridgehead atoms. The molecule has 0 atom stereocenters. The zero-order valence-corrected chi connectivity index (χ0v) is 22.3. The Bertz CT molecular complexity index is 1520. The van der Waals surface area contributed by atoms with E-state index in [1.165, 1.54) is 4.31 Å². The largest absolute Gasteiger partial charge is 0.368 e. The lowest BCUT2D eigenvalue weighted by molar-refractivity contribution is -0.129. The van der Waals surface area contributed by atoms with E-state index >= 15 is 0 Å². The van der Waals surface area contributed by atoms with Crippen molar-refractivity contribution in [3.05, 3.63) is 72.9 Å². The van der Waals surface area contributed by atoms with Crippen molar-refractivity contribution in [1.82, 2.24) is 14.9 Å². The van der Waals surface area contributed by atoms with Gasteiger partial charge in [-0.15, -0.1) is 0 Å². The molecule has 5 rings (SSSR count). The molecule has 1 saturated heterocycles. The van der Waals surface area contributed by atoms with E-state index in [-0.39, 0.29) is 5.91 Å². The van der Waals surface area contributed by atoms with Crippen molar-refractivity contribution in [3.8, 4) is 11.1 Å². The molecule has 4 aromatic rings. The summed E-state index contributed by atoms with van der Waals surface area (Å²) in [5, 5.41) is 4.25. The Kier molecular flexibility index (Phi) is 7.41. The molecule has 196 valence electrons. The minimum Gasteiger partial charge on any atom is -0.368 e. The second-order valence-corrected chi connectivity index (χ2v) is 10.1. The average molecular weight is 531 g/mol. The second kappa shape index (κ2) is 11.1. The molecule has 0 radical (unpaired) electrons. The first-order chi connectivity index (χ1) is 18.4. The van der Waals surface area contributed by atoms with E-state index in [9.17, 15) is 13.2 Å². The first kappa shape index (κ1) is 25.5. The SMILES string of the molecule is CCN(c1ccc(-c2cccc3cnc(Nc4cccc(N5CCN(C(C)=O)CC5)c4)nc23)cc1)[SH](=O)=O. The fraction of sp³-hybridized carbons (Fsp3) is 0.250. The summed E-state index contributed by atoms with van der Waals surface area (Å²) in [5.74, 6) is 0.603. The number of carbonyl (C=O) groups is 1. The van der Waals surface area contributed by atoms with E-state index in [2.05, 4.69) is 27.3 Å². The van der Waals surface area contributed by atoms with Crippen LogP contribution in [0.25, 0.3) is 22.0 Å². The summed E-state index contributed by atoms with van der Waals surface area (Å²) in [6.45, 7) is 6.82. The maximum atomic E-state index is 11.6. The van der Waals surface area contributed by atoms with Crippen LogP contribution in [0.1, 0.15) is 13.8 Å². The number of amides is 1. The highest BCUT2D eigenvalue weighted by molar-refractivity contribution is 7.74. The number of rotatable bonds is 7. The number of hydrogen-bond acceptors (Lipinski definition) is 7. The zero-order valence-electron chi connectivity index (χ0n) is 21.4. The van der Waals surface area contributed by atoms with Gasteiger partial charge < -0.3 is 15.1 Å². The summed E-state index contributed by atoms with van der Waals surface area (Å²) in [6.07, 6.45) is 1.80. The molecule has 0 unspecified atom stereocenters. The van der Waals surface area contributed by atoms with Crippen molar-refractivity contribution in [2.75, 3.05) is 47.2 Å². The molecule has 2 heterocycles. The minimum absolute atomic E-state index is 0.117. The van der Waals surface area contributed by atoms with Crippen LogP contribution in [0.2, 0.25) is 0 Å². The molecule has 9 nitrogen and oxygen atoms in total. The molecule has 1 aliphatic rings. The summed E-state index contributed by atoms with van der Waals surface area (Å²) in [6, 6.07) is 21.5. The maximum absolute atomic E-state index is 11.6. The van der Waals surface area contributed by atoms with E-state index in [0.717, 1.165) is 59.6 Å². The van der Waals surface area contributed by atoms with E-state index in [1.54, 1.807) is 20.0 Å². The molecule has 38 heavy (non-hydrogen) atoms. The molecule has 0 spiro atoms. The number of hydrogen-bond donors (Lipinski definition) is 2. The molecule has 0 aliphatic carbocycles. The third-order valence-corrected chi connectivity index (χ3v) is 7.68. The number of fused-ring (bicyclic) bond motifs is 1. The van der Waals surface area contributed by atoms with Gasteiger partial charge in [-0.05, 0) is 42.8 Å². The van der Waals surface area contributed by atoms with Crippen LogP contribution >= 0.6 is 0 Å². The van der Waals surface area contributed by atoms with Crippen LogP contribution in [-0.2, 0) is 15.7 Å². The quantitative estimate of drug-likeness (QED) is 0.348. The predicted molar refractivity (Wildman–Crippen MR) is 153 cm³/mol. The van der Waals surface area contributed by atoms with Gasteiger partial charge in [-0.3, -0.25) is 9.10 Å². The van der Waals surface area contributed by atoms with Crippen molar-refractivity contribution in [3.63, 3.8) is 0 Å². The lowest BCUT2D eigenvalue weighted by Crippen LogP contribution is -2.48. The Morgan fingerprint density at radius 1 is 1.00 bits per heavy atom. The number of anilines is 4. The fourth-order valence-corrected chi connectivity index (χ4v) is 5.30. The Balaban J connectivity index is 1.39. The maximum Gasteiger partial charge on any atom is 0.227 e. The topological polar surface area (TPSA) is 98.7 Å². The van der Waals surface area contributed by atoms with E-state index in [1.807, 2.05) is 59.5 Å². The number of benzene rings is 3. The second-order valence-electron chi connectivity index (χ2n) is 9.11. The average Bonchev–Trinajstić information content (AvgIpc) is 2.93. The van der Waals surface area contributed by atoms with Crippen LogP contribution in [0.3, 0.4) is 0 Å². The van der Waals surface area contributed by atoms with Crippen molar-refractivity contribution >= 4 is 50.7 Å². The lowest BCUT2D eigenvalue weighted by Gasteiger charge is -2.35. The van der Waals surface area contributed by atoms with Gasteiger partial charge in [0.1, 0.15) is 0 Å². The first-order valence-corrected chi connectivity index (χ1v) is 13.7. The molecule has 1 N–H and O–H groups in total. The molecule has 1 aromatic heterocycles. The number of para-hydroxylation sites is 1. The van der Waals surface area contributed by atoms with E-state index in [0.29, 0.717) is 18.2 Å². The third kappa shape index (κ3) is 5.40. The van der Waals surface area contributed by atoms with Gasteiger partial charge in [0, 0.05) is 68.2 Å². The monoisotopic (exact) mass is 530 g/mol. The van der Waals surface area contributed by atoms with Gasteiger partial charge in [-0.2, -0.15) is 0 Å². The van der Waals surface area contributed by atoms with Gasteiger partial charge in [-0.25, -0.2) is 18.4 Å². The predicted octanol–water partition coefficient (Wildman–Crippen LogP) is 4.06. The third-order valence-electron chi connectivity index (χ3n) is 6.78. The standard InChI is InChI=1S/C28H30N6O3S/c1-3-34(38(36)37)24-12-10-21(11-13-24)26-9-4-6-22-19-29-28(31-27(22)26)30-23-7-5-8-25(18-23)33-16-14-32(15-17-33)20(2)35/h4-13,18-19,38H,3,14-17H2,1-2H3,(H,29,30,31). The smallest absolute Gasteiger partial charge is 0.227 e. The highest BCUT2D eigenvalue weighted by atomic mass is 32.2. The first-order valence-electron chi connectivity index (χ1n) is 12.6. The van der Waals surface area contributed by atoms with Crippen LogP contribution in [0.5, 0.6) is 0 Å². The summed E-state index contributed by atoms with van der Waals surface area (Å²) in [4.78, 5) is 25.1. The highest BCUT2D eigenvalue weighted by Gasteiger charge is 2.19.